The summed E-state index contributed by atoms with van der Waals surface area (Å²) in [5.74, 6) is 2.78. The van der Waals surface area contributed by atoms with Crippen LogP contribution in [0.5, 0.6) is 11.5 Å². The molecule has 2 aromatic carbocycles. The fourth-order valence-corrected chi connectivity index (χ4v) is 2.56. The Bertz CT molecular complexity index is 855. The SMILES string of the molecule is c1ccc(CNc2ccnc(Nc3ccc4c(c3)OCCO4)n2)cc1. The standard InChI is InChI=1S/C19H18N4O2/c1-2-4-14(5-3-1)13-21-18-8-9-20-19(23-18)22-15-6-7-16-17(12-15)25-11-10-24-16/h1-9,12H,10-11,13H2,(H2,20,21,22,23). The maximum absolute atomic E-state index is 5.59. The number of benzene rings is 2. The molecule has 0 unspecified atom stereocenters. The van der Waals surface area contributed by atoms with Gasteiger partial charge in [0.1, 0.15) is 19.0 Å². The van der Waals surface area contributed by atoms with Gasteiger partial charge in [-0.2, -0.15) is 4.98 Å². The number of hydrogen-bond donors (Lipinski definition) is 2. The van der Waals surface area contributed by atoms with E-state index in [4.69, 9.17) is 9.47 Å². The van der Waals surface area contributed by atoms with Crippen LogP contribution in [0.3, 0.4) is 0 Å². The van der Waals surface area contributed by atoms with E-state index in [1.807, 2.05) is 42.5 Å². The Labute approximate surface area is 145 Å². The molecule has 3 aromatic rings. The fraction of sp³-hybridized carbons (Fsp3) is 0.158. The van der Waals surface area contributed by atoms with Crippen LogP contribution in [0.15, 0.2) is 60.8 Å². The lowest BCUT2D eigenvalue weighted by atomic mass is 10.2. The zero-order valence-corrected chi connectivity index (χ0v) is 13.6. The predicted octanol–water partition coefficient (Wildman–Crippen LogP) is 3.60. The molecular weight excluding hydrogens is 316 g/mol. The van der Waals surface area contributed by atoms with Gasteiger partial charge in [-0.1, -0.05) is 30.3 Å². The van der Waals surface area contributed by atoms with E-state index in [0.717, 1.165) is 23.0 Å². The van der Waals surface area contributed by atoms with E-state index in [2.05, 4.69) is 32.7 Å². The third kappa shape index (κ3) is 3.80. The van der Waals surface area contributed by atoms with Crippen LogP contribution in [0.4, 0.5) is 17.5 Å². The van der Waals surface area contributed by atoms with Crippen molar-refractivity contribution in [2.75, 3.05) is 23.8 Å². The van der Waals surface area contributed by atoms with Crippen molar-refractivity contribution in [1.29, 1.82) is 0 Å². The van der Waals surface area contributed by atoms with E-state index >= 15 is 0 Å². The highest BCUT2D eigenvalue weighted by Gasteiger charge is 2.12. The minimum atomic E-state index is 0.523. The minimum absolute atomic E-state index is 0.523. The molecule has 2 heterocycles. The quantitative estimate of drug-likeness (QED) is 0.743. The van der Waals surface area contributed by atoms with Gasteiger partial charge in [0.05, 0.1) is 0 Å². The molecule has 0 atom stereocenters. The van der Waals surface area contributed by atoms with Gasteiger partial charge in [0.25, 0.3) is 0 Å². The number of nitrogens with one attached hydrogen (secondary N) is 2. The smallest absolute Gasteiger partial charge is 0.229 e. The Kier molecular flexibility index (Phi) is 4.33. The van der Waals surface area contributed by atoms with Crippen LogP contribution in [-0.2, 0) is 6.54 Å². The Morgan fingerprint density at radius 3 is 2.64 bits per heavy atom. The highest BCUT2D eigenvalue weighted by atomic mass is 16.6. The summed E-state index contributed by atoms with van der Waals surface area (Å²) >= 11 is 0. The number of nitrogens with zero attached hydrogens (tertiary/aromatic N) is 2. The number of fused-ring (bicyclic) bond motifs is 1. The molecule has 6 nitrogen and oxygen atoms in total. The predicted molar refractivity (Wildman–Crippen MR) is 96.5 cm³/mol. The third-order valence-corrected chi connectivity index (χ3v) is 3.77. The first kappa shape index (κ1) is 15.3. The molecule has 0 fully saturated rings. The monoisotopic (exact) mass is 334 g/mol. The molecule has 0 radical (unpaired) electrons. The topological polar surface area (TPSA) is 68.3 Å². The first-order chi connectivity index (χ1) is 12.4. The van der Waals surface area contributed by atoms with Gasteiger partial charge in [0.2, 0.25) is 5.95 Å². The van der Waals surface area contributed by atoms with Crippen LogP contribution in [0.1, 0.15) is 5.56 Å². The lowest BCUT2D eigenvalue weighted by molar-refractivity contribution is 0.171. The zero-order valence-electron chi connectivity index (χ0n) is 13.6. The summed E-state index contributed by atoms with van der Waals surface area (Å²) in [5, 5.41) is 6.50. The number of anilines is 3. The van der Waals surface area contributed by atoms with Crippen molar-refractivity contribution >= 4 is 17.5 Å². The van der Waals surface area contributed by atoms with Gasteiger partial charge in [-0.05, 0) is 23.8 Å². The van der Waals surface area contributed by atoms with Crippen molar-refractivity contribution in [2.24, 2.45) is 0 Å². The Morgan fingerprint density at radius 1 is 0.920 bits per heavy atom. The second kappa shape index (κ2) is 7.09. The van der Waals surface area contributed by atoms with Crippen molar-refractivity contribution in [2.45, 2.75) is 6.54 Å². The Morgan fingerprint density at radius 2 is 1.76 bits per heavy atom. The highest BCUT2D eigenvalue weighted by molar-refractivity contribution is 5.60. The fourth-order valence-electron chi connectivity index (χ4n) is 2.56. The summed E-state index contributed by atoms with van der Waals surface area (Å²) in [6.07, 6.45) is 1.72. The largest absolute Gasteiger partial charge is 0.486 e. The lowest BCUT2D eigenvalue weighted by Gasteiger charge is -2.19. The maximum atomic E-state index is 5.59. The molecule has 0 saturated carbocycles. The summed E-state index contributed by atoms with van der Waals surface area (Å²) in [5.41, 5.74) is 2.05. The van der Waals surface area contributed by atoms with Gasteiger partial charge in [-0.15, -0.1) is 0 Å². The number of aromatic nitrogens is 2. The number of rotatable bonds is 5. The molecule has 4 rings (SSSR count). The molecule has 1 aliphatic rings. The molecule has 1 aliphatic heterocycles. The number of ether oxygens (including phenoxy) is 2. The van der Waals surface area contributed by atoms with Gasteiger partial charge in [-0.25, -0.2) is 4.98 Å². The molecule has 0 aliphatic carbocycles. The van der Waals surface area contributed by atoms with E-state index < -0.39 is 0 Å². The van der Waals surface area contributed by atoms with Crippen LogP contribution in [-0.4, -0.2) is 23.2 Å². The van der Waals surface area contributed by atoms with Gasteiger partial charge in [-0.3, -0.25) is 0 Å². The molecule has 0 bridgehead atoms. The average molecular weight is 334 g/mol. The first-order valence-corrected chi connectivity index (χ1v) is 8.14. The van der Waals surface area contributed by atoms with Crippen LogP contribution in [0.2, 0.25) is 0 Å². The zero-order chi connectivity index (χ0) is 16.9. The van der Waals surface area contributed by atoms with Crippen molar-refractivity contribution in [3.8, 4) is 11.5 Å². The molecule has 1 aromatic heterocycles. The molecule has 126 valence electrons. The van der Waals surface area contributed by atoms with E-state index in [1.165, 1.54) is 5.56 Å². The second-order valence-electron chi connectivity index (χ2n) is 5.59. The van der Waals surface area contributed by atoms with Gasteiger partial charge in [0.15, 0.2) is 11.5 Å². The van der Waals surface area contributed by atoms with E-state index in [9.17, 15) is 0 Å². The number of hydrogen-bond acceptors (Lipinski definition) is 6. The second-order valence-corrected chi connectivity index (χ2v) is 5.59. The summed E-state index contributed by atoms with van der Waals surface area (Å²) < 4.78 is 11.1. The maximum Gasteiger partial charge on any atom is 0.229 e. The van der Waals surface area contributed by atoms with E-state index in [0.29, 0.717) is 25.7 Å². The Hall–Kier alpha value is -3.28. The van der Waals surface area contributed by atoms with Crippen LogP contribution in [0.25, 0.3) is 0 Å². The molecule has 0 amide bonds. The Balaban J connectivity index is 1.44. The normalized spacial score (nSPS) is 12.5. The van der Waals surface area contributed by atoms with Crippen molar-refractivity contribution in [3.63, 3.8) is 0 Å². The molecular formula is C19H18N4O2. The van der Waals surface area contributed by atoms with Crippen LogP contribution in [0, 0.1) is 0 Å². The summed E-state index contributed by atoms with van der Waals surface area (Å²) in [6.45, 7) is 1.85. The van der Waals surface area contributed by atoms with Gasteiger partial charge in [0, 0.05) is 24.5 Å². The molecule has 25 heavy (non-hydrogen) atoms. The van der Waals surface area contributed by atoms with E-state index in [-0.39, 0.29) is 0 Å². The van der Waals surface area contributed by atoms with Crippen molar-refractivity contribution in [1.82, 2.24) is 9.97 Å². The highest BCUT2D eigenvalue weighted by Crippen LogP contribution is 2.33. The average Bonchev–Trinajstić information content (AvgIpc) is 2.67. The van der Waals surface area contributed by atoms with Gasteiger partial charge >= 0.3 is 0 Å². The molecule has 2 N–H and O–H groups in total. The van der Waals surface area contributed by atoms with Crippen molar-refractivity contribution in [3.05, 3.63) is 66.4 Å². The minimum Gasteiger partial charge on any atom is -0.486 e. The summed E-state index contributed by atoms with van der Waals surface area (Å²) in [6, 6.07) is 17.7. The van der Waals surface area contributed by atoms with E-state index in [1.54, 1.807) is 6.20 Å². The molecule has 0 spiro atoms. The molecule has 0 saturated heterocycles. The first-order valence-electron chi connectivity index (χ1n) is 8.14. The van der Waals surface area contributed by atoms with Crippen LogP contribution < -0.4 is 20.1 Å². The van der Waals surface area contributed by atoms with Crippen LogP contribution >= 0.6 is 0 Å². The summed E-state index contributed by atoms with van der Waals surface area (Å²) in [7, 11) is 0. The van der Waals surface area contributed by atoms with Gasteiger partial charge < -0.3 is 20.1 Å². The third-order valence-electron chi connectivity index (χ3n) is 3.77. The molecule has 6 heteroatoms. The summed E-state index contributed by atoms with van der Waals surface area (Å²) in [4.78, 5) is 8.76. The van der Waals surface area contributed by atoms with Crippen molar-refractivity contribution < 1.29 is 9.47 Å². The lowest BCUT2D eigenvalue weighted by Crippen LogP contribution is -2.15.